The van der Waals surface area contributed by atoms with Crippen LogP contribution in [0, 0.1) is 0 Å². The maximum Gasteiger partial charge on any atom is 0.0281 e. The lowest BCUT2D eigenvalue weighted by atomic mass is 9.98. The Morgan fingerprint density at radius 3 is 2.71 bits per heavy atom. The maximum absolute atomic E-state index is 4.22. The van der Waals surface area contributed by atoms with E-state index >= 15 is 0 Å². The summed E-state index contributed by atoms with van der Waals surface area (Å²) < 4.78 is 0. The monoisotopic (exact) mass is 230 g/mol. The zero-order chi connectivity index (χ0) is 12.3. The van der Waals surface area contributed by atoms with Crippen molar-refractivity contribution in [3.8, 4) is 0 Å². The first-order valence-electron chi connectivity index (χ1n) is 6.28. The van der Waals surface area contributed by atoms with Gasteiger partial charge in [-0.3, -0.25) is 4.90 Å². The molecule has 17 heavy (non-hydrogen) atoms. The second-order valence-corrected chi connectivity index (χ2v) is 5.38. The van der Waals surface area contributed by atoms with Gasteiger partial charge in [-0.25, -0.2) is 0 Å². The molecular formula is C15H22N2. The summed E-state index contributed by atoms with van der Waals surface area (Å²) in [6, 6.07) is 10.5. The Balaban J connectivity index is 2.03. The molecule has 1 aromatic carbocycles. The van der Waals surface area contributed by atoms with Crippen LogP contribution in [0.15, 0.2) is 36.9 Å². The molecule has 0 bridgehead atoms. The highest BCUT2D eigenvalue weighted by atomic mass is 15.2. The number of rotatable bonds is 3. The smallest absolute Gasteiger partial charge is 0.0281 e. The number of nitrogens with zero attached hydrogens (tertiary/aromatic N) is 1. The molecule has 1 aliphatic rings. The van der Waals surface area contributed by atoms with Crippen molar-refractivity contribution in [2.75, 3.05) is 26.2 Å². The number of piperazine rings is 1. The molecule has 0 saturated carbocycles. The number of hydrogen-bond donors (Lipinski definition) is 1. The van der Waals surface area contributed by atoms with Crippen molar-refractivity contribution < 1.29 is 0 Å². The molecule has 0 amide bonds. The van der Waals surface area contributed by atoms with Crippen LogP contribution in [0.3, 0.4) is 0 Å². The molecule has 1 fully saturated rings. The summed E-state index contributed by atoms with van der Waals surface area (Å²) in [5.74, 6) is 0. The average Bonchev–Trinajstić information content (AvgIpc) is 2.33. The molecule has 0 aliphatic carbocycles. The van der Waals surface area contributed by atoms with Gasteiger partial charge in [-0.15, -0.1) is 0 Å². The van der Waals surface area contributed by atoms with Crippen molar-refractivity contribution in [2.45, 2.75) is 19.4 Å². The van der Waals surface area contributed by atoms with Gasteiger partial charge in [-0.05, 0) is 25.0 Å². The molecule has 1 saturated heterocycles. The third-order valence-electron chi connectivity index (χ3n) is 3.54. The molecule has 2 rings (SSSR count). The van der Waals surface area contributed by atoms with Crippen LogP contribution in [0.25, 0.3) is 5.57 Å². The standard InChI is InChI=1S/C15H22N2/c1-13(14-7-5-4-6-8-14)11-17-10-9-16-12-15(17,2)3/h4-8,16H,1,9-12H2,2-3H3. The lowest BCUT2D eigenvalue weighted by Crippen LogP contribution is -2.58. The zero-order valence-corrected chi connectivity index (χ0v) is 10.9. The predicted molar refractivity (Wildman–Crippen MR) is 74.0 cm³/mol. The number of benzene rings is 1. The molecule has 0 aromatic heterocycles. The highest BCUT2D eigenvalue weighted by Crippen LogP contribution is 2.21. The summed E-state index contributed by atoms with van der Waals surface area (Å²) in [5, 5.41) is 3.45. The van der Waals surface area contributed by atoms with Crippen molar-refractivity contribution in [2.24, 2.45) is 0 Å². The molecule has 1 heterocycles. The molecule has 1 N–H and O–H groups in total. The average molecular weight is 230 g/mol. The van der Waals surface area contributed by atoms with Crippen molar-refractivity contribution in [1.82, 2.24) is 10.2 Å². The van der Waals surface area contributed by atoms with E-state index in [0.717, 1.165) is 26.2 Å². The van der Waals surface area contributed by atoms with E-state index in [2.05, 4.69) is 54.9 Å². The van der Waals surface area contributed by atoms with Gasteiger partial charge in [0.05, 0.1) is 0 Å². The summed E-state index contributed by atoms with van der Waals surface area (Å²) in [6.07, 6.45) is 0. The van der Waals surface area contributed by atoms with Crippen LogP contribution in [0.4, 0.5) is 0 Å². The van der Waals surface area contributed by atoms with Crippen LogP contribution in [0.1, 0.15) is 19.4 Å². The van der Waals surface area contributed by atoms with Crippen LogP contribution in [-0.2, 0) is 0 Å². The fourth-order valence-electron chi connectivity index (χ4n) is 2.31. The van der Waals surface area contributed by atoms with Crippen molar-refractivity contribution in [1.29, 1.82) is 0 Å². The van der Waals surface area contributed by atoms with Gasteiger partial charge in [0.25, 0.3) is 0 Å². The molecular weight excluding hydrogens is 208 g/mol. The Morgan fingerprint density at radius 2 is 2.06 bits per heavy atom. The van der Waals surface area contributed by atoms with Crippen LogP contribution in [-0.4, -0.2) is 36.6 Å². The Kier molecular flexibility index (Phi) is 3.65. The first-order valence-corrected chi connectivity index (χ1v) is 6.28. The zero-order valence-electron chi connectivity index (χ0n) is 10.9. The van der Waals surface area contributed by atoms with Gasteiger partial charge in [0, 0.05) is 31.7 Å². The largest absolute Gasteiger partial charge is 0.314 e. The van der Waals surface area contributed by atoms with E-state index < -0.39 is 0 Å². The van der Waals surface area contributed by atoms with Crippen LogP contribution >= 0.6 is 0 Å². The van der Waals surface area contributed by atoms with Gasteiger partial charge >= 0.3 is 0 Å². The first-order chi connectivity index (χ1) is 8.09. The summed E-state index contributed by atoms with van der Waals surface area (Å²) in [4.78, 5) is 2.51. The molecule has 1 aliphatic heterocycles. The van der Waals surface area contributed by atoms with E-state index in [1.807, 2.05) is 6.07 Å². The Hall–Kier alpha value is -1.12. The van der Waals surface area contributed by atoms with E-state index in [9.17, 15) is 0 Å². The highest BCUT2D eigenvalue weighted by molar-refractivity contribution is 5.64. The van der Waals surface area contributed by atoms with Gasteiger partial charge in [0.15, 0.2) is 0 Å². The fraction of sp³-hybridized carbons (Fsp3) is 0.467. The van der Waals surface area contributed by atoms with E-state index in [1.165, 1.54) is 11.1 Å². The molecule has 2 heteroatoms. The Bertz CT molecular complexity index is 381. The Morgan fingerprint density at radius 1 is 1.35 bits per heavy atom. The molecule has 0 atom stereocenters. The molecule has 2 nitrogen and oxygen atoms in total. The van der Waals surface area contributed by atoms with Crippen molar-refractivity contribution >= 4 is 5.57 Å². The van der Waals surface area contributed by atoms with Crippen LogP contribution in [0.5, 0.6) is 0 Å². The second-order valence-electron chi connectivity index (χ2n) is 5.38. The highest BCUT2D eigenvalue weighted by Gasteiger charge is 2.29. The fourth-order valence-corrected chi connectivity index (χ4v) is 2.31. The van der Waals surface area contributed by atoms with E-state index in [0.29, 0.717) is 0 Å². The Labute approximate surface area is 104 Å². The summed E-state index contributed by atoms with van der Waals surface area (Å²) in [7, 11) is 0. The lowest BCUT2D eigenvalue weighted by molar-refractivity contribution is 0.107. The number of nitrogens with one attached hydrogen (secondary N) is 1. The molecule has 92 valence electrons. The summed E-state index contributed by atoms with van der Waals surface area (Å²) in [5.41, 5.74) is 2.68. The minimum Gasteiger partial charge on any atom is -0.314 e. The summed E-state index contributed by atoms with van der Waals surface area (Å²) in [6.45, 7) is 13.0. The van der Waals surface area contributed by atoms with Crippen LogP contribution in [0.2, 0.25) is 0 Å². The molecule has 0 radical (unpaired) electrons. The van der Waals surface area contributed by atoms with Gasteiger partial charge in [0.1, 0.15) is 0 Å². The SMILES string of the molecule is C=C(CN1CCNCC1(C)C)c1ccccc1. The minimum atomic E-state index is 0.218. The van der Waals surface area contributed by atoms with E-state index in [4.69, 9.17) is 0 Å². The maximum atomic E-state index is 4.22. The van der Waals surface area contributed by atoms with E-state index in [-0.39, 0.29) is 5.54 Å². The normalized spacial score (nSPS) is 20.1. The third kappa shape index (κ3) is 2.96. The van der Waals surface area contributed by atoms with Gasteiger partial charge < -0.3 is 5.32 Å². The van der Waals surface area contributed by atoms with Gasteiger partial charge in [-0.2, -0.15) is 0 Å². The molecule has 0 spiro atoms. The number of hydrogen-bond acceptors (Lipinski definition) is 2. The molecule has 0 unspecified atom stereocenters. The topological polar surface area (TPSA) is 15.3 Å². The quantitative estimate of drug-likeness (QED) is 0.857. The van der Waals surface area contributed by atoms with Crippen LogP contribution < -0.4 is 5.32 Å². The summed E-state index contributed by atoms with van der Waals surface area (Å²) >= 11 is 0. The third-order valence-corrected chi connectivity index (χ3v) is 3.54. The van der Waals surface area contributed by atoms with Crippen molar-refractivity contribution in [3.05, 3.63) is 42.5 Å². The second kappa shape index (κ2) is 5.03. The van der Waals surface area contributed by atoms with E-state index in [1.54, 1.807) is 0 Å². The minimum absolute atomic E-state index is 0.218. The predicted octanol–water partition coefficient (Wildman–Crippen LogP) is 2.38. The van der Waals surface area contributed by atoms with Gasteiger partial charge in [-0.1, -0.05) is 36.9 Å². The van der Waals surface area contributed by atoms with Gasteiger partial charge in [0.2, 0.25) is 0 Å². The first kappa shape index (κ1) is 12.3. The lowest BCUT2D eigenvalue weighted by Gasteiger charge is -2.43. The van der Waals surface area contributed by atoms with Crippen molar-refractivity contribution in [3.63, 3.8) is 0 Å². The molecule has 1 aromatic rings.